The van der Waals surface area contributed by atoms with E-state index in [1.807, 2.05) is 11.3 Å². The van der Waals surface area contributed by atoms with Crippen molar-refractivity contribution in [2.24, 2.45) is 0 Å². The van der Waals surface area contributed by atoms with Crippen molar-refractivity contribution in [2.75, 3.05) is 0 Å². The molecule has 274 valence electrons. The van der Waals surface area contributed by atoms with Crippen molar-refractivity contribution in [3.63, 3.8) is 0 Å². The first-order valence-electron chi connectivity index (χ1n) is 20.1. The van der Waals surface area contributed by atoms with Crippen LogP contribution in [0.3, 0.4) is 0 Å². The van der Waals surface area contributed by atoms with Gasteiger partial charge in [0, 0.05) is 64.0 Å². The quantitative estimate of drug-likeness (QED) is 0.164. The van der Waals surface area contributed by atoms with E-state index in [-0.39, 0.29) is 0 Å². The van der Waals surface area contributed by atoms with Crippen molar-refractivity contribution in [3.8, 4) is 33.8 Å². The zero-order valence-corrected chi connectivity index (χ0v) is 32.6. The third-order valence-electron chi connectivity index (χ3n) is 12.2. The standard InChI is InChI=1S/C55H33N3S/c1-2-14-37-32-47-46(31-36(37)13-1)55-53(45-19-7-12-24-52(45)59-55)54(56-47)35-27-25-34(26-28-35)38-29-39(57-48-20-8-3-15-41(48)42-16-4-9-21-49(42)57)33-40(30-38)58-50-22-10-5-17-43(50)44-18-6-11-23-51(44)58/h1-33H. The van der Waals surface area contributed by atoms with Gasteiger partial charge in [0.1, 0.15) is 0 Å². The molecular formula is C55H33N3S. The van der Waals surface area contributed by atoms with Gasteiger partial charge < -0.3 is 9.13 Å². The fraction of sp³-hybridized carbons (Fsp3) is 0. The van der Waals surface area contributed by atoms with Crippen LogP contribution in [0.2, 0.25) is 0 Å². The Balaban J connectivity index is 1.05. The van der Waals surface area contributed by atoms with Crippen molar-refractivity contribution >= 4 is 96.8 Å². The molecule has 13 rings (SSSR count). The van der Waals surface area contributed by atoms with Crippen LogP contribution < -0.4 is 0 Å². The van der Waals surface area contributed by atoms with E-state index in [0.717, 1.165) is 39.3 Å². The van der Waals surface area contributed by atoms with Gasteiger partial charge in [-0.05, 0) is 82.6 Å². The number of thiophene rings is 1. The average molecular weight is 768 g/mol. The van der Waals surface area contributed by atoms with Gasteiger partial charge in [0.15, 0.2) is 0 Å². The topological polar surface area (TPSA) is 22.8 Å². The molecule has 0 aliphatic rings. The maximum atomic E-state index is 5.46. The van der Waals surface area contributed by atoms with Crippen molar-refractivity contribution in [2.45, 2.75) is 0 Å². The molecule has 0 N–H and O–H groups in total. The summed E-state index contributed by atoms with van der Waals surface area (Å²) in [6.07, 6.45) is 0. The highest BCUT2D eigenvalue weighted by Gasteiger charge is 2.19. The van der Waals surface area contributed by atoms with Crippen LogP contribution in [-0.2, 0) is 0 Å². The SMILES string of the molecule is c1ccc2cc3c(cc2c1)nc(-c1ccc(-c2cc(-n4c5ccccc5c5ccccc54)cc(-n4c5ccccc5c5ccccc54)c2)cc1)c1c2ccccc2sc31. The number of nitrogens with zero attached hydrogens (tertiary/aromatic N) is 3. The molecule has 3 nitrogen and oxygen atoms in total. The molecule has 0 spiro atoms. The van der Waals surface area contributed by atoms with Crippen molar-refractivity contribution in [3.05, 3.63) is 200 Å². The van der Waals surface area contributed by atoms with Crippen molar-refractivity contribution in [1.82, 2.24) is 14.1 Å². The molecule has 0 amide bonds. The molecule has 0 radical (unpaired) electrons. The van der Waals surface area contributed by atoms with Crippen LogP contribution in [0.5, 0.6) is 0 Å². The smallest absolute Gasteiger partial charge is 0.0802 e. The highest BCUT2D eigenvalue weighted by atomic mass is 32.1. The average Bonchev–Trinajstić information content (AvgIpc) is 3.97. The third-order valence-corrected chi connectivity index (χ3v) is 13.4. The molecule has 0 saturated carbocycles. The van der Waals surface area contributed by atoms with Gasteiger partial charge in [-0.3, -0.25) is 0 Å². The number of aromatic nitrogens is 3. The van der Waals surface area contributed by atoms with Gasteiger partial charge >= 0.3 is 0 Å². The number of rotatable bonds is 4. The Morgan fingerprint density at radius 2 is 0.814 bits per heavy atom. The van der Waals surface area contributed by atoms with Gasteiger partial charge in [0.05, 0.1) is 33.3 Å². The van der Waals surface area contributed by atoms with Crippen LogP contribution in [0.1, 0.15) is 0 Å². The molecule has 0 bridgehead atoms. The second kappa shape index (κ2) is 12.5. The maximum Gasteiger partial charge on any atom is 0.0802 e. The molecule has 0 unspecified atom stereocenters. The summed E-state index contributed by atoms with van der Waals surface area (Å²) in [5, 5.41) is 11.1. The fourth-order valence-electron chi connectivity index (χ4n) is 9.60. The monoisotopic (exact) mass is 767 g/mol. The Morgan fingerprint density at radius 3 is 1.37 bits per heavy atom. The van der Waals surface area contributed by atoms with Crippen LogP contribution in [0.15, 0.2) is 200 Å². The summed E-state index contributed by atoms with van der Waals surface area (Å²) in [5.74, 6) is 0. The lowest BCUT2D eigenvalue weighted by atomic mass is 9.98. The van der Waals surface area contributed by atoms with E-state index < -0.39 is 0 Å². The first-order chi connectivity index (χ1) is 29.2. The molecule has 4 heterocycles. The van der Waals surface area contributed by atoms with E-state index in [1.54, 1.807) is 0 Å². The Bertz CT molecular complexity index is 3610. The molecule has 0 aliphatic carbocycles. The Morgan fingerprint density at radius 1 is 0.356 bits per heavy atom. The number of fused-ring (bicyclic) bond motifs is 12. The van der Waals surface area contributed by atoms with Gasteiger partial charge in [-0.25, -0.2) is 4.98 Å². The van der Waals surface area contributed by atoms with Crippen LogP contribution >= 0.6 is 11.3 Å². The maximum absolute atomic E-state index is 5.46. The summed E-state index contributed by atoms with van der Waals surface area (Å²) in [4.78, 5) is 5.46. The zero-order chi connectivity index (χ0) is 38.6. The summed E-state index contributed by atoms with van der Waals surface area (Å²) >= 11 is 1.87. The number of para-hydroxylation sites is 4. The highest BCUT2D eigenvalue weighted by Crippen LogP contribution is 2.44. The molecule has 0 saturated heterocycles. The largest absolute Gasteiger partial charge is 0.309 e. The Hall–Kier alpha value is -7.53. The number of hydrogen-bond acceptors (Lipinski definition) is 2. The van der Waals surface area contributed by atoms with E-state index in [4.69, 9.17) is 4.98 Å². The molecule has 59 heavy (non-hydrogen) atoms. The van der Waals surface area contributed by atoms with Crippen molar-refractivity contribution < 1.29 is 0 Å². The lowest BCUT2D eigenvalue weighted by Crippen LogP contribution is -2.00. The summed E-state index contributed by atoms with van der Waals surface area (Å²) in [6, 6.07) is 73.1. The Kier molecular flexibility index (Phi) is 6.89. The first kappa shape index (κ1) is 32.5. The summed E-state index contributed by atoms with van der Waals surface area (Å²) in [6.45, 7) is 0. The third kappa shape index (κ3) is 4.84. The fourth-order valence-corrected chi connectivity index (χ4v) is 10.8. The summed E-state index contributed by atoms with van der Waals surface area (Å²) in [7, 11) is 0. The van der Waals surface area contributed by atoms with Gasteiger partial charge in [-0.2, -0.15) is 0 Å². The number of hydrogen-bond donors (Lipinski definition) is 0. The van der Waals surface area contributed by atoms with E-state index in [9.17, 15) is 0 Å². The predicted molar refractivity (Wildman–Crippen MR) is 252 cm³/mol. The molecule has 0 fully saturated rings. The summed E-state index contributed by atoms with van der Waals surface area (Å²) in [5.41, 5.74) is 12.5. The molecule has 9 aromatic carbocycles. The minimum Gasteiger partial charge on any atom is -0.309 e. The second-order valence-corrected chi connectivity index (χ2v) is 16.6. The zero-order valence-electron chi connectivity index (χ0n) is 31.8. The first-order valence-corrected chi connectivity index (χ1v) is 20.9. The highest BCUT2D eigenvalue weighted by molar-refractivity contribution is 7.26. The van der Waals surface area contributed by atoms with Gasteiger partial charge in [-0.15, -0.1) is 11.3 Å². The predicted octanol–water partition coefficient (Wildman–Crippen LogP) is 15.3. The van der Waals surface area contributed by atoms with Gasteiger partial charge in [0.2, 0.25) is 0 Å². The molecule has 4 aromatic heterocycles. The van der Waals surface area contributed by atoms with Crippen LogP contribution in [0, 0.1) is 0 Å². The molecule has 0 atom stereocenters. The van der Waals surface area contributed by atoms with Crippen LogP contribution in [0.25, 0.3) is 119 Å². The number of pyridine rings is 1. The van der Waals surface area contributed by atoms with Gasteiger partial charge in [0.25, 0.3) is 0 Å². The lowest BCUT2D eigenvalue weighted by molar-refractivity contribution is 1.13. The van der Waals surface area contributed by atoms with Crippen LogP contribution in [-0.4, -0.2) is 14.1 Å². The van der Waals surface area contributed by atoms with E-state index in [0.29, 0.717) is 0 Å². The minimum absolute atomic E-state index is 1.02. The van der Waals surface area contributed by atoms with Gasteiger partial charge in [-0.1, -0.05) is 140 Å². The molecule has 0 aliphatic heterocycles. The van der Waals surface area contributed by atoms with E-state index in [1.165, 1.54) is 79.9 Å². The number of benzene rings is 9. The second-order valence-electron chi connectivity index (χ2n) is 15.5. The van der Waals surface area contributed by atoms with E-state index in [2.05, 4.69) is 209 Å². The molecule has 4 heteroatoms. The Labute approximate surface area is 343 Å². The molecular weight excluding hydrogens is 735 g/mol. The molecule has 13 aromatic rings. The normalized spacial score (nSPS) is 12.1. The lowest BCUT2D eigenvalue weighted by Gasteiger charge is -2.16. The van der Waals surface area contributed by atoms with Crippen molar-refractivity contribution in [1.29, 1.82) is 0 Å². The van der Waals surface area contributed by atoms with E-state index >= 15 is 0 Å². The minimum atomic E-state index is 1.02. The van der Waals surface area contributed by atoms with Crippen LogP contribution in [0.4, 0.5) is 0 Å². The summed E-state index contributed by atoms with van der Waals surface area (Å²) < 4.78 is 7.43.